The zero-order chi connectivity index (χ0) is 28.9. The van der Waals surface area contributed by atoms with Gasteiger partial charge in [-0.25, -0.2) is 8.78 Å². The van der Waals surface area contributed by atoms with Crippen LogP contribution in [-0.4, -0.2) is 41.5 Å². The van der Waals surface area contributed by atoms with Crippen LogP contribution in [0.5, 0.6) is 5.75 Å². The molecule has 0 fully saturated rings. The highest BCUT2D eigenvalue weighted by atomic mass is 35.5. The SMILES string of the molecule is CCOC(=O)CC(NC(=O)[C@H](CC)n1ccc2ccc(Cl)cc2c1=O)C(=O)COc1c(F)c(F)cc(F)c1F. The molecular weight excluding hydrogens is 548 g/mol. The smallest absolute Gasteiger partial charge is 0.308 e. The summed E-state index contributed by atoms with van der Waals surface area (Å²) in [6.45, 7) is 1.91. The molecule has 1 N–H and O–H groups in total. The molecular formula is C26H23ClF4N2O6. The average molecular weight is 571 g/mol. The Bertz CT molecular complexity index is 1450. The third-order valence-electron chi connectivity index (χ3n) is 5.73. The van der Waals surface area contributed by atoms with Gasteiger partial charge in [-0.2, -0.15) is 8.78 Å². The molecule has 0 saturated carbocycles. The Morgan fingerprint density at radius 1 is 1.03 bits per heavy atom. The molecule has 208 valence electrons. The molecule has 0 aliphatic carbocycles. The summed E-state index contributed by atoms with van der Waals surface area (Å²) in [4.78, 5) is 51.2. The number of pyridine rings is 1. The van der Waals surface area contributed by atoms with Crippen molar-refractivity contribution < 1.29 is 41.4 Å². The van der Waals surface area contributed by atoms with Crippen molar-refractivity contribution in [3.63, 3.8) is 0 Å². The number of ether oxygens (including phenoxy) is 2. The molecule has 39 heavy (non-hydrogen) atoms. The number of ketones is 1. The number of carbonyl (C=O) groups is 3. The van der Waals surface area contributed by atoms with Crippen LogP contribution in [0.4, 0.5) is 17.6 Å². The summed E-state index contributed by atoms with van der Waals surface area (Å²) in [5.74, 6) is -11.5. The number of amides is 1. The van der Waals surface area contributed by atoms with E-state index in [1.807, 2.05) is 0 Å². The first-order valence-corrected chi connectivity index (χ1v) is 12.1. The van der Waals surface area contributed by atoms with Crippen LogP contribution in [0.25, 0.3) is 10.8 Å². The highest BCUT2D eigenvalue weighted by Crippen LogP contribution is 2.26. The number of esters is 1. The van der Waals surface area contributed by atoms with Gasteiger partial charge in [0, 0.05) is 22.7 Å². The Morgan fingerprint density at radius 3 is 2.31 bits per heavy atom. The van der Waals surface area contributed by atoms with Gasteiger partial charge >= 0.3 is 5.97 Å². The Morgan fingerprint density at radius 2 is 1.69 bits per heavy atom. The fourth-order valence-electron chi connectivity index (χ4n) is 3.80. The minimum absolute atomic E-state index is 0.0311. The number of rotatable bonds is 11. The molecule has 1 aromatic heterocycles. The van der Waals surface area contributed by atoms with E-state index in [1.54, 1.807) is 25.1 Å². The Labute approximate surface area is 224 Å². The minimum atomic E-state index is -1.87. The second-order valence-corrected chi connectivity index (χ2v) is 8.74. The third kappa shape index (κ3) is 6.75. The summed E-state index contributed by atoms with van der Waals surface area (Å²) >= 11 is 6.00. The van der Waals surface area contributed by atoms with Crippen molar-refractivity contribution in [2.45, 2.75) is 38.8 Å². The Kier molecular flexibility index (Phi) is 9.68. The number of aromatic nitrogens is 1. The molecule has 2 aromatic carbocycles. The van der Waals surface area contributed by atoms with E-state index < -0.39 is 77.3 Å². The summed E-state index contributed by atoms with van der Waals surface area (Å²) < 4.78 is 65.4. The lowest BCUT2D eigenvalue weighted by Gasteiger charge is -2.23. The second-order valence-electron chi connectivity index (χ2n) is 8.31. The van der Waals surface area contributed by atoms with Gasteiger partial charge in [0.1, 0.15) is 18.7 Å². The van der Waals surface area contributed by atoms with E-state index >= 15 is 0 Å². The van der Waals surface area contributed by atoms with Crippen molar-refractivity contribution in [2.24, 2.45) is 0 Å². The molecule has 3 rings (SSSR count). The van der Waals surface area contributed by atoms with E-state index in [0.29, 0.717) is 10.4 Å². The van der Waals surface area contributed by atoms with E-state index in [-0.39, 0.29) is 24.5 Å². The Hall–Kier alpha value is -3.93. The van der Waals surface area contributed by atoms with Crippen LogP contribution in [0.15, 0.2) is 41.3 Å². The van der Waals surface area contributed by atoms with Gasteiger partial charge in [0.05, 0.1) is 13.0 Å². The van der Waals surface area contributed by atoms with Gasteiger partial charge in [0.25, 0.3) is 5.56 Å². The van der Waals surface area contributed by atoms with Crippen LogP contribution in [0, 0.1) is 23.3 Å². The van der Waals surface area contributed by atoms with Gasteiger partial charge in [-0.05, 0) is 36.9 Å². The van der Waals surface area contributed by atoms with E-state index in [4.69, 9.17) is 21.1 Å². The quantitative estimate of drug-likeness (QED) is 0.210. The van der Waals surface area contributed by atoms with E-state index in [1.165, 1.54) is 19.2 Å². The van der Waals surface area contributed by atoms with Gasteiger partial charge in [-0.3, -0.25) is 19.2 Å². The normalized spacial score (nSPS) is 12.6. The van der Waals surface area contributed by atoms with Crippen LogP contribution in [-0.2, 0) is 19.1 Å². The molecule has 8 nitrogen and oxygen atoms in total. The summed E-state index contributed by atoms with van der Waals surface area (Å²) in [5, 5.41) is 3.47. The molecule has 13 heteroatoms. The number of halogens is 5. The zero-order valence-electron chi connectivity index (χ0n) is 20.7. The van der Waals surface area contributed by atoms with Crippen LogP contribution in [0.3, 0.4) is 0 Å². The van der Waals surface area contributed by atoms with E-state index in [2.05, 4.69) is 5.32 Å². The maximum absolute atomic E-state index is 13.9. The van der Waals surface area contributed by atoms with Gasteiger partial charge in [-0.15, -0.1) is 0 Å². The summed E-state index contributed by atoms with van der Waals surface area (Å²) in [5.41, 5.74) is -0.535. The first kappa shape index (κ1) is 29.6. The number of fused-ring (bicyclic) bond motifs is 1. The molecule has 1 unspecified atom stereocenters. The lowest BCUT2D eigenvalue weighted by atomic mass is 10.1. The maximum atomic E-state index is 13.9. The number of Topliss-reactive ketones (excluding diaryl/α,β-unsaturated/α-hetero) is 1. The van der Waals surface area contributed by atoms with Crippen molar-refractivity contribution in [1.29, 1.82) is 0 Å². The van der Waals surface area contributed by atoms with Crippen molar-refractivity contribution in [2.75, 3.05) is 13.2 Å². The molecule has 0 saturated heterocycles. The monoisotopic (exact) mass is 570 g/mol. The van der Waals surface area contributed by atoms with Gasteiger partial charge in [0.2, 0.25) is 17.5 Å². The molecule has 3 aromatic rings. The minimum Gasteiger partial charge on any atom is -0.479 e. The van der Waals surface area contributed by atoms with Crippen LogP contribution >= 0.6 is 11.6 Å². The second kappa shape index (κ2) is 12.7. The lowest BCUT2D eigenvalue weighted by molar-refractivity contribution is -0.145. The number of benzene rings is 2. The predicted molar refractivity (Wildman–Crippen MR) is 133 cm³/mol. The molecule has 0 aliphatic heterocycles. The largest absolute Gasteiger partial charge is 0.479 e. The maximum Gasteiger partial charge on any atom is 0.308 e. The van der Waals surface area contributed by atoms with Crippen molar-refractivity contribution in [1.82, 2.24) is 9.88 Å². The van der Waals surface area contributed by atoms with Gasteiger partial charge < -0.3 is 19.4 Å². The number of nitrogens with one attached hydrogen (secondary N) is 1. The van der Waals surface area contributed by atoms with Crippen molar-refractivity contribution >= 4 is 40.0 Å². The number of hydrogen-bond acceptors (Lipinski definition) is 6. The molecule has 0 spiro atoms. The fourth-order valence-corrected chi connectivity index (χ4v) is 3.97. The van der Waals surface area contributed by atoms with E-state index in [0.717, 1.165) is 4.57 Å². The Balaban J connectivity index is 1.86. The first-order chi connectivity index (χ1) is 18.5. The number of carbonyl (C=O) groups excluding carboxylic acids is 3. The van der Waals surface area contributed by atoms with Gasteiger partial charge in [0.15, 0.2) is 23.2 Å². The van der Waals surface area contributed by atoms with Crippen LogP contribution in [0.1, 0.15) is 32.7 Å². The molecule has 1 amide bonds. The summed E-state index contributed by atoms with van der Waals surface area (Å²) in [6.07, 6.45) is 0.790. The first-order valence-electron chi connectivity index (χ1n) is 11.7. The van der Waals surface area contributed by atoms with E-state index in [9.17, 15) is 36.7 Å². The molecule has 0 aliphatic rings. The van der Waals surface area contributed by atoms with Gasteiger partial charge in [-0.1, -0.05) is 24.6 Å². The average Bonchev–Trinajstić information content (AvgIpc) is 2.89. The highest BCUT2D eigenvalue weighted by Gasteiger charge is 2.30. The lowest BCUT2D eigenvalue weighted by Crippen LogP contribution is -2.48. The highest BCUT2D eigenvalue weighted by molar-refractivity contribution is 6.31. The molecule has 2 atom stereocenters. The summed E-state index contributed by atoms with van der Waals surface area (Å²) in [6, 6.07) is 3.48. The topological polar surface area (TPSA) is 104 Å². The predicted octanol–water partition coefficient (Wildman–Crippen LogP) is 4.25. The molecule has 1 heterocycles. The van der Waals surface area contributed by atoms with Crippen LogP contribution < -0.4 is 15.6 Å². The molecule has 0 bridgehead atoms. The van der Waals surface area contributed by atoms with Crippen molar-refractivity contribution in [3.8, 4) is 5.75 Å². The summed E-state index contributed by atoms with van der Waals surface area (Å²) in [7, 11) is 0. The fraction of sp³-hybridized carbons (Fsp3) is 0.308. The zero-order valence-corrected chi connectivity index (χ0v) is 21.5. The number of nitrogens with zero attached hydrogens (tertiary/aromatic N) is 1. The third-order valence-corrected chi connectivity index (χ3v) is 5.97. The van der Waals surface area contributed by atoms with Crippen molar-refractivity contribution in [3.05, 3.63) is 75.2 Å². The number of hydrogen-bond donors (Lipinski definition) is 1. The molecule has 0 radical (unpaired) electrons. The standard InChI is InChI=1S/C26H23ClF4N2O6/c1-3-19(33-8-7-13-5-6-14(27)9-15(13)26(33)37)25(36)32-18(11-21(35)38-4-2)20(34)12-39-24-22(30)16(28)10-17(29)23(24)31/h5-10,18-19H,3-4,11-12H2,1-2H3,(H,32,36)/t18?,19-/m0/s1. The van der Waals surface area contributed by atoms with Crippen LogP contribution in [0.2, 0.25) is 5.02 Å².